The largest absolute Gasteiger partial charge is 0.482 e. The molecule has 5 rings (SSSR count). The lowest BCUT2D eigenvalue weighted by atomic mass is 9.97. The van der Waals surface area contributed by atoms with E-state index in [-0.39, 0.29) is 53.8 Å². The lowest BCUT2D eigenvalue weighted by Gasteiger charge is -2.18. The van der Waals surface area contributed by atoms with Crippen molar-refractivity contribution in [1.82, 2.24) is 20.3 Å². The zero-order valence-corrected chi connectivity index (χ0v) is 21.7. The average Bonchev–Trinajstić information content (AvgIpc) is 3.34. The Morgan fingerprint density at radius 3 is 2.57 bits per heavy atom. The number of H-pyrrole nitrogens is 1. The van der Waals surface area contributed by atoms with E-state index in [2.05, 4.69) is 25.6 Å². The molecule has 37 heavy (non-hydrogen) atoms. The summed E-state index contributed by atoms with van der Waals surface area (Å²) in [5.41, 5.74) is 7.34. The van der Waals surface area contributed by atoms with Crippen molar-refractivity contribution in [2.24, 2.45) is 5.73 Å². The number of amides is 2. The van der Waals surface area contributed by atoms with Crippen molar-refractivity contribution in [3.8, 4) is 5.75 Å². The minimum Gasteiger partial charge on any atom is -0.482 e. The molecule has 11 nitrogen and oxygen atoms in total. The molecule has 1 saturated carbocycles. The predicted molar refractivity (Wildman–Crippen MR) is 142 cm³/mol. The van der Waals surface area contributed by atoms with E-state index in [1.165, 1.54) is 38.3 Å². The molecule has 2 aromatic heterocycles. The van der Waals surface area contributed by atoms with E-state index < -0.39 is 11.9 Å². The van der Waals surface area contributed by atoms with Gasteiger partial charge in [-0.15, -0.1) is 12.4 Å². The number of benzene rings is 1. The Balaban J connectivity index is 0.000000413. The van der Waals surface area contributed by atoms with Crippen LogP contribution in [0.5, 0.6) is 5.75 Å². The third-order valence-corrected chi connectivity index (χ3v) is 5.69. The van der Waals surface area contributed by atoms with Crippen molar-refractivity contribution in [1.29, 1.82) is 0 Å². The summed E-state index contributed by atoms with van der Waals surface area (Å²) >= 11 is 0. The molecule has 0 unspecified atom stereocenters. The van der Waals surface area contributed by atoms with Crippen LogP contribution in [0.1, 0.15) is 72.4 Å². The highest BCUT2D eigenvalue weighted by Gasteiger charge is 2.20. The van der Waals surface area contributed by atoms with Gasteiger partial charge in [-0.3, -0.25) is 9.59 Å². The number of aromatic carboxylic acids is 1. The minimum absolute atomic E-state index is 0. The Kier molecular flexibility index (Phi) is 11.3. The Labute approximate surface area is 221 Å². The highest BCUT2D eigenvalue weighted by atomic mass is 35.5. The van der Waals surface area contributed by atoms with Gasteiger partial charge in [-0.2, -0.15) is 0 Å². The molecule has 6 N–H and O–H groups in total. The topological polar surface area (TPSA) is 172 Å². The summed E-state index contributed by atoms with van der Waals surface area (Å²) in [6, 6.07) is 5.72. The molecular formula is C25H33ClN6O5. The number of aromatic amines is 1. The van der Waals surface area contributed by atoms with E-state index in [4.69, 9.17) is 15.6 Å². The molecule has 1 aromatic carbocycles. The van der Waals surface area contributed by atoms with Crippen molar-refractivity contribution in [2.45, 2.75) is 58.5 Å². The maximum atomic E-state index is 12.5. The molecular weight excluding hydrogens is 500 g/mol. The number of carboxylic acids is 1. The van der Waals surface area contributed by atoms with Crippen LogP contribution in [0, 0.1) is 0 Å². The van der Waals surface area contributed by atoms with Gasteiger partial charge in [-0.1, -0.05) is 39.2 Å². The number of nitrogens with one attached hydrogen (secondary N) is 3. The smallest absolute Gasteiger partial charge is 0.339 e. The second-order valence-corrected chi connectivity index (χ2v) is 8.20. The van der Waals surface area contributed by atoms with Gasteiger partial charge in [0, 0.05) is 18.8 Å². The molecule has 3 heterocycles. The minimum atomic E-state index is -1.15. The van der Waals surface area contributed by atoms with Crippen LogP contribution in [0.3, 0.4) is 0 Å². The van der Waals surface area contributed by atoms with Crippen molar-refractivity contribution in [2.75, 3.05) is 11.9 Å². The van der Waals surface area contributed by atoms with Gasteiger partial charge in [-0.25, -0.2) is 14.8 Å². The molecule has 12 heteroatoms. The molecule has 1 aliphatic carbocycles. The first-order chi connectivity index (χ1) is 17.4. The molecule has 2 aliphatic rings. The summed E-state index contributed by atoms with van der Waals surface area (Å²) in [7, 11) is 0. The molecule has 0 saturated heterocycles. The Morgan fingerprint density at radius 2 is 1.92 bits per heavy atom. The second-order valence-electron chi connectivity index (χ2n) is 8.20. The van der Waals surface area contributed by atoms with Gasteiger partial charge in [0.25, 0.3) is 11.8 Å². The SMILES string of the molecule is CC.Cl.NC1CCCCC1.O=C1COc2ccc(CNC(=O)c3ncnc4c(C(=O)O)c[nH]c34)cc2N1. The van der Waals surface area contributed by atoms with E-state index in [1.54, 1.807) is 18.2 Å². The molecule has 0 radical (unpaired) electrons. The van der Waals surface area contributed by atoms with Crippen LogP contribution in [0.15, 0.2) is 30.7 Å². The molecule has 200 valence electrons. The number of nitrogens with zero attached hydrogens (tertiary/aromatic N) is 2. The quantitative estimate of drug-likeness (QED) is 0.338. The van der Waals surface area contributed by atoms with Crippen LogP contribution < -0.4 is 21.1 Å². The molecule has 0 spiro atoms. The fourth-order valence-corrected chi connectivity index (χ4v) is 3.91. The van der Waals surface area contributed by atoms with Gasteiger partial charge in [0.1, 0.15) is 23.2 Å². The van der Waals surface area contributed by atoms with Crippen LogP contribution >= 0.6 is 12.4 Å². The average molecular weight is 533 g/mol. The van der Waals surface area contributed by atoms with E-state index in [0.717, 1.165) is 11.9 Å². The Morgan fingerprint density at radius 1 is 1.19 bits per heavy atom. The number of fused-ring (bicyclic) bond motifs is 2. The van der Waals surface area contributed by atoms with Crippen molar-refractivity contribution in [3.63, 3.8) is 0 Å². The second kappa shape index (κ2) is 14.1. The first kappa shape index (κ1) is 29.5. The Hall–Kier alpha value is -3.70. The molecule has 0 atom stereocenters. The van der Waals surface area contributed by atoms with Crippen molar-refractivity contribution < 1.29 is 24.2 Å². The summed E-state index contributed by atoms with van der Waals surface area (Å²) in [5, 5.41) is 14.6. The summed E-state index contributed by atoms with van der Waals surface area (Å²) < 4.78 is 5.29. The van der Waals surface area contributed by atoms with Gasteiger partial charge in [0.2, 0.25) is 0 Å². The lowest BCUT2D eigenvalue weighted by Crippen LogP contribution is -2.26. The highest BCUT2D eigenvalue weighted by Crippen LogP contribution is 2.28. The number of carbonyl (C=O) groups is 3. The third-order valence-electron chi connectivity index (χ3n) is 5.69. The molecule has 2 amide bonds. The van der Waals surface area contributed by atoms with Crippen molar-refractivity contribution in [3.05, 3.63) is 47.5 Å². The summed E-state index contributed by atoms with van der Waals surface area (Å²) in [6.45, 7) is 4.15. The zero-order chi connectivity index (χ0) is 26.1. The van der Waals surface area contributed by atoms with Crippen LogP contribution in [0.4, 0.5) is 5.69 Å². The molecule has 3 aromatic rings. The van der Waals surface area contributed by atoms with Gasteiger partial charge in [0.05, 0.1) is 11.2 Å². The van der Waals surface area contributed by atoms with Crippen LogP contribution in [0.2, 0.25) is 0 Å². The standard InChI is InChI=1S/C17H13N5O5.C6H13N.C2H6.ClH/c23-12-6-27-11-2-1-8(3-10(11)22-12)4-19-16(24)15-14-13(20-7-21-15)9(5-18-14)17(25)26;7-6-4-2-1-3-5-6;1-2;/h1-3,5,7,18H,4,6H2,(H,19,24)(H,22,23)(H,25,26);6H,1-5,7H2;1-2H3;1H. The maximum Gasteiger partial charge on any atom is 0.339 e. The number of halogens is 1. The van der Waals surface area contributed by atoms with Crippen LogP contribution in [-0.2, 0) is 11.3 Å². The highest BCUT2D eigenvalue weighted by molar-refractivity contribution is 6.08. The number of ether oxygens (including phenoxy) is 1. The fourth-order valence-electron chi connectivity index (χ4n) is 3.91. The van der Waals surface area contributed by atoms with Gasteiger partial charge in [-0.05, 0) is 30.5 Å². The summed E-state index contributed by atoms with van der Waals surface area (Å²) in [6.07, 6.45) is 9.07. The maximum absolute atomic E-state index is 12.5. The number of hydrogen-bond donors (Lipinski definition) is 5. The number of nitrogens with two attached hydrogens (primary N) is 1. The lowest BCUT2D eigenvalue weighted by molar-refractivity contribution is -0.118. The number of rotatable bonds is 4. The number of carboxylic acid groups (broad SMARTS) is 1. The normalized spacial score (nSPS) is 14.3. The molecule has 0 bridgehead atoms. The number of anilines is 1. The van der Waals surface area contributed by atoms with Gasteiger partial charge >= 0.3 is 5.97 Å². The zero-order valence-electron chi connectivity index (χ0n) is 20.9. The van der Waals surface area contributed by atoms with Crippen molar-refractivity contribution >= 4 is 46.9 Å². The van der Waals surface area contributed by atoms with Crippen LogP contribution in [-0.4, -0.2) is 50.5 Å². The first-order valence-corrected chi connectivity index (χ1v) is 12.1. The number of carbonyl (C=O) groups excluding carboxylic acids is 2. The summed E-state index contributed by atoms with van der Waals surface area (Å²) in [5.74, 6) is -1.31. The van der Waals surface area contributed by atoms with Gasteiger partial charge < -0.3 is 31.2 Å². The first-order valence-electron chi connectivity index (χ1n) is 12.1. The van der Waals surface area contributed by atoms with E-state index in [0.29, 0.717) is 17.5 Å². The third kappa shape index (κ3) is 7.64. The van der Waals surface area contributed by atoms with E-state index >= 15 is 0 Å². The summed E-state index contributed by atoms with van der Waals surface area (Å²) in [4.78, 5) is 45.7. The van der Waals surface area contributed by atoms with Gasteiger partial charge in [0.15, 0.2) is 12.3 Å². The predicted octanol–water partition coefficient (Wildman–Crippen LogP) is 3.64. The Bertz CT molecular complexity index is 1230. The number of aromatic nitrogens is 3. The monoisotopic (exact) mass is 532 g/mol. The van der Waals surface area contributed by atoms with E-state index in [1.807, 2.05) is 13.8 Å². The van der Waals surface area contributed by atoms with Crippen LogP contribution in [0.25, 0.3) is 11.0 Å². The fraction of sp³-hybridized carbons (Fsp3) is 0.400. The molecule has 1 fully saturated rings. The molecule has 1 aliphatic heterocycles. The van der Waals surface area contributed by atoms with E-state index in [9.17, 15) is 14.4 Å². The number of hydrogen-bond acceptors (Lipinski definition) is 7.